The molecule has 0 bridgehead atoms. The Morgan fingerprint density at radius 3 is 2.14 bits per heavy atom. The van der Waals surface area contributed by atoms with Crippen LogP contribution in [-0.2, 0) is 6.54 Å². The molecule has 5 nitrogen and oxygen atoms in total. The lowest BCUT2D eigenvalue weighted by atomic mass is 10.1. The first-order valence-corrected chi connectivity index (χ1v) is 9.05. The van der Waals surface area contributed by atoms with Crippen molar-refractivity contribution in [2.75, 3.05) is 0 Å². The normalized spacial score (nSPS) is 10.8. The van der Waals surface area contributed by atoms with E-state index in [4.69, 9.17) is 4.74 Å². The molecule has 4 aromatic rings. The quantitative estimate of drug-likeness (QED) is 0.397. The summed E-state index contributed by atoms with van der Waals surface area (Å²) in [5.74, 6) is -0.171. The summed E-state index contributed by atoms with van der Waals surface area (Å²) >= 11 is 0. The van der Waals surface area contributed by atoms with Gasteiger partial charge < -0.3 is 4.74 Å². The van der Waals surface area contributed by atoms with Crippen LogP contribution in [0.25, 0.3) is 21.9 Å². The van der Waals surface area contributed by atoms with E-state index in [2.05, 4.69) is 5.10 Å². The van der Waals surface area contributed by atoms with E-state index in [9.17, 15) is 9.59 Å². The predicted octanol–water partition coefficient (Wildman–Crippen LogP) is 4.30. The Hall–Kier alpha value is -3.73. The average molecular weight is 370 g/mol. The van der Waals surface area contributed by atoms with Crippen LogP contribution < -0.4 is 10.3 Å². The molecule has 28 heavy (non-hydrogen) atoms. The number of aromatic nitrogens is 2. The highest BCUT2D eigenvalue weighted by Crippen LogP contribution is 2.23. The van der Waals surface area contributed by atoms with Gasteiger partial charge in [-0.15, -0.1) is 0 Å². The zero-order valence-corrected chi connectivity index (χ0v) is 15.3. The Balaban J connectivity index is 1.66. The topological polar surface area (TPSA) is 61.2 Å². The summed E-state index contributed by atoms with van der Waals surface area (Å²) in [6, 6.07) is 24.2. The van der Waals surface area contributed by atoms with Gasteiger partial charge >= 0.3 is 5.97 Å². The van der Waals surface area contributed by atoms with E-state index in [-0.39, 0.29) is 11.3 Å². The van der Waals surface area contributed by atoms with Crippen LogP contribution in [0.5, 0.6) is 5.75 Å². The number of hydrogen-bond acceptors (Lipinski definition) is 4. The molecular formula is C23H18N2O3. The van der Waals surface area contributed by atoms with E-state index >= 15 is 0 Å². The summed E-state index contributed by atoms with van der Waals surface area (Å²) in [6.45, 7) is 2.18. The Kier molecular flexibility index (Phi) is 4.72. The van der Waals surface area contributed by atoms with Crippen molar-refractivity contribution in [2.45, 2.75) is 13.5 Å². The van der Waals surface area contributed by atoms with Crippen molar-refractivity contribution < 1.29 is 9.53 Å². The molecule has 5 heteroatoms. The Labute approximate surface area is 161 Å². The summed E-state index contributed by atoms with van der Waals surface area (Å²) in [7, 11) is 0. The van der Waals surface area contributed by atoms with Crippen molar-refractivity contribution in [2.24, 2.45) is 0 Å². The molecule has 1 heterocycles. The number of hydrogen-bond donors (Lipinski definition) is 0. The van der Waals surface area contributed by atoms with Crippen LogP contribution >= 0.6 is 0 Å². The number of aryl methyl sites for hydroxylation is 1. The number of ether oxygens (including phenoxy) is 1. The fraction of sp³-hybridized carbons (Fsp3) is 0.0870. The number of rotatable bonds is 4. The van der Waals surface area contributed by atoms with Crippen LogP contribution in [0.4, 0.5) is 0 Å². The molecule has 0 aliphatic rings. The van der Waals surface area contributed by atoms with E-state index in [0.717, 1.165) is 11.1 Å². The number of carbonyl (C=O) groups is 1. The van der Waals surface area contributed by atoms with Gasteiger partial charge in [0, 0.05) is 11.9 Å². The zero-order chi connectivity index (χ0) is 19.5. The van der Waals surface area contributed by atoms with Crippen molar-refractivity contribution in [1.82, 2.24) is 9.78 Å². The van der Waals surface area contributed by atoms with Gasteiger partial charge in [0.2, 0.25) is 0 Å². The first kappa shape index (κ1) is 17.7. The second kappa shape index (κ2) is 7.48. The number of fused-ring (bicyclic) bond motifs is 1. The molecule has 3 aromatic carbocycles. The Morgan fingerprint density at radius 1 is 0.857 bits per heavy atom. The molecule has 138 valence electrons. The molecule has 0 spiro atoms. The Morgan fingerprint density at radius 2 is 1.46 bits per heavy atom. The number of nitrogens with zero attached hydrogens (tertiary/aromatic N) is 2. The smallest absolute Gasteiger partial charge is 0.364 e. The zero-order valence-electron chi connectivity index (χ0n) is 15.3. The summed E-state index contributed by atoms with van der Waals surface area (Å²) in [5.41, 5.74) is 2.03. The second-order valence-corrected chi connectivity index (χ2v) is 6.30. The molecule has 0 saturated carbocycles. The predicted molar refractivity (Wildman–Crippen MR) is 109 cm³/mol. The van der Waals surface area contributed by atoms with E-state index in [1.54, 1.807) is 43.3 Å². The molecule has 1 aromatic heterocycles. The summed E-state index contributed by atoms with van der Waals surface area (Å²) in [4.78, 5) is 25.2. The molecular weight excluding hydrogens is 352 g/mol. The van der Waals surface area contributed by atoms with Crippen molar-refractivity contribution in [1.29, 1.82) is 0 Å². The largest absolute Gasteiger partial charge is 0.422 e. The molecule has 0 radical (unpaired) electrons. The van der Waals surface area contributed by atoms with Crippen LogP contribution in [0.15, 0.2) is 83.7 Å². The van der Waals surface area contributed by atoms with Gasteiger partial charge in [0.15, 0.2) is 5.69 Å². The maximum atomic E-state index is 12.8. The summed E-state index contributed by atoms with van der Waals surface area (Å²) in [6.07, 6.45) is 0. The third kappa shape index (κ3) is 3.30. The highest BCUT2D eigenvalue weighted by Gasteiger charge is 2.18. The van der Waals surface area contributed by atoms with Crippen LogP contribution in [0.1, 0.15) is 17.4 Å². The number of benzene rings is 3. The van der Waals surface area contributed by atoms with Gasteiger partial charge in [-0.2, -0.15) is 5.10 Å². The fourth-order valence-electron chi connectivity index (χ4n) is 3.10. The third-order valence-corrected chi connectivity index (χ3v) is 4.53. The minimum atomic E-state index is -0.592. The minimum Gasteiger partial charge on any atom is -0.422 e. The molecule has 0 fully saturated rings. The van der Waals surface area contributed by atoms with Gasteiger partial charge in [-0.1, -0.05) is 60.7 Å². The number of esters is 1. The first-order chi connectivity index (χ1) is 13.7. The molecule has 0 aliphatic heterocycles. The SMILES string of the molecule is CCn1nc(C(=O)Oc2ccc(-c3ccccc3)cc2)c2ccccc2c1=O. The number of carbonyl (C=O) groups excluding carboxylic acids is 1. The maximum absolute atomic E-state index is 12.8. The van der Waals surface area contributed by atoms with E-state index in [0.29, 0.717) is 23.1 Å². The van der Waals surface area contributed by atoms with Crippen molar-refractivity contribution in [3.8, 4) is 16.9 Å². The van der Waals surface area contributed by atoms with Crippen LogP contribution in [-0.4, -0.2) is 15.7 Å². The first-order valence-electron chi connectivity index (χ1n) is 9.05. The monoisotopic (exact) mass is 370 g/mol. The van der Waals surface area contributed by atoms with Crippen LogP contribution in [0.2, 0.25) is 0 Å². The molecule has 0 saturated heterocycles. The van der Waals surface area contributed by atoms with Gasteiger partial charge in [-0.05, 0) is 36.2 Å². The molecule has 0 amide bonds. The van der Waals surface area contributed by atoms with E-state index in [1.165, 1.54) is 4.68 Å². The lowest BCUT2D eigenvalue weighted by Crippen LogP contribution is -2.26. The average Bonchev–Trinajstić information content (AvgIpc) is 2.75. The highest BCUT2D eigenvalue weighted by molar-refractivity contribution is 6.02. The molecule has 4 rings (SSSR count). The maximum Gasteiger partial charge on any atom is 0.364 e. The van der Waals surface area contributed by atoms with E-state index < -0.39 is 5.97 Å². The van der Waals surface area contributed by atoms with Crippen molar-refractivity contribution in [3.63, 3.8) is 0 Å². The van der Waals surface area contributed by atoms with Gasteiger partial charge in [-0.3, -0.25) is 4.79 Å². The molecule has 0 aliphatic carbocycles. The minimum absolute atomic E-state index is 0.129. The van der Waals surface area contributed by atoms with Crippen molar-refractivity contribution >= 4 is 16.7 Å². The van der Waals surface area contributed by atoms with Gasteiger partial charge in [0.1, 0.15) is 5.75 Å². The van der Waals surface area contributed by atoms with Crippen LogP contribution in [0.3, 0.4) is 0 Å². The summed E-state index contributed by atoms with van der Waals surface area (Å²) < 4.78 is 6.80. The van der Waals surface area contributed by atoms with Gasteiger partial charge in [0.05, 0.1) is 5.39 Å². The highest BCUT2D eigenvalue weighted by atomic mass is 16.5. The van der Waals surface area contributed by atoms with Crippen molar-refractivity contribution in [3.05, 3.63) is 94.9 Å². The lowest BCUT2D eigenvalue weighted by molar-refractivity contribution is 0.0728. The molecule has 0 unspecified atom stereocenters. The standard InChI is InChI=1S/C23H18N2O3/c1-2-25-22(26)20-11-7-6-10-19(20)21(24-25)23(27)28-18-14-12-17(13-15-18)16-8-4-3-5-9-16/h3-15H,2H2,1H3. The third-order valence-electron chi connectivity index (χ3n) is 4.53. The molecule has 0 N–H and O–H groups in total. The molecule has 0 atom stereocenters. The van der Waals surface area contributed by atoms with Gasteiger partial charge in [-0.25, -0.2) is 9.48 Å². The fourth-order valence-corrected chi connectivity index (χ4v) is 3.10. The second-order valence-electron chi connectivity index (χ2n) is 6.30. The van der Waals surface area contributed by atoms with Crippen LogP contribution in [0, 0.1) is 0 Å². The van der Waals surface area contributed by atoms with Gasteiger partial charge in [0.25, 0.3) is 5.56 Å². The lowest BCUT2D eigenvalue weighted by Gasteiger charge is -2.10. The summed E-state index contributed by atoms with van der Waals surface area (Å²) in [5, 5.41) is 5.15. The van der Waals surface area contributed by atoms with E-state index in [1.807, 2.05) is 42.5 Å². The Bertz CT molecular complexity index is 1200.